The van der Waals surface area contributed by atoms with E-state index in [0.717, 1.165) is 5.69 Å². The molecule has 2 heterocycles. The predicted molar refractivity (Wildman–Crippen MR) is 70.9 cm³/mol. The Morgan fingerprint density at radius 2 is 2.18 bits per heavy atom. The van der Waals surface area contributed by atoms with Crippen molar-refractivity contribution in [2.75, 3.05) is 23.4 Å². The Kier molecular flexibility index (Phi) is 3.25. The van der Waals surface area contributed by atoms with Crippen molar-refractivity contribution in [2.45, 2.75) is 6.92 Å². The molecule has 0 fully saturated rings. The molecule has 0 spiro atoms. The highest BCUT2D eigenvalue weighted by Gasteiger charge is 2.16. The molecule has 0 atom stereocenters. The van der Waals surface area contributed by atoms with Crippen LogP contribution in [-0.2, 0) is 0 Å². The van der Waals surface area contributed by atoms with Gasteiger partial charge in [0, 0.05) is 12.4 Å². The second-order valence-corrected chi connectivity index (χ2v) is 5.09. The van der Waals surface area contributed by atoms with Gasteiger partial charge in [-0.3, -0.25) is 10.1 Å². The Bertz CT molecular complexity index is 547. The van der Waals surface area contributed by atoms with Crippen LogP contribution in [0, 0.1) is 6.92 Å². The fourth-order valence-corrected chi connectivity index (χ4v) is 2.58. The fraction of sp³-hybridized carbons (Fsp3) is 0.222. The summed E-state index contributed by atoms with van der Waals surface area (Å²) in [5.41, 5.74) is 6.53. The van der Waals surface area contributed by atoms with Gasteiger partial charge in [-0.15, -0.1) is 11.3 Å². The first-order valence-corrected chi connectivity index (χ1v) is 6.47. The molecular formula is C9H11N5OS2. The first-order chi connectivity index (χ1) is 8.10. The van der Waals surface area contributed by atoms with E-state index in [9.17, 15) is 4.79 Å². The van der Waals surface area contributed by atoms with Crippen LogP contribution in [0.5, 0.6) is 0 Å². The average molecular weight is 269 g/mol. The highest BCUT2D eigenvalue weighted by Crippen LogP contribution is 2.26. The molecule has 2 aromatic rings. The summed E-state index contributed by atoms with van der Waals surface area (Å²) in [5, 5.41) is 8.57. The summed E-state index contributed by atoms with van der Waals surface area (Å²) >= 11 is 2.59. The van der Waals surface area contributed by atoms with E-state index in [2.05, 4.69) is 20.6 Å². The molecule has 0 saturated heterocycles. The van der Waals surface area contributed by atoms with Crippen molar-refractivity contribution in [2.24, 2.45) is 0 Å². The Labute approximate surface area is 106 Å². The van der Waals surface area contributed by atoms with Crippen molar-refractivity contribution < 1.29 is 4.79 Å². The Morgan fingerprint density at radius 3 is 2.71 bits per heavy atom. The average Bonchev–Trinajstić information content (AvgIpc) is 2.85. The molecule has 0 aliphatic rings. The SMILES string of the molecule is CNc1nc(N)c(C(=O)Nc2nc(C)cs2)s1. The third-order valence-electron chi connectivity index (χ3n) is 1.91. The Balaban J connectivity index is 2.16. The number of hydrogen-bond acceptors (Lipinski definition) is 7. The summed E-state index contributed by atoms with van der Waals surface area (Å²) in [6.07, 6.45) is 0. The third-order valence-corrected chi connectivity index (χ3v) is 3.88. The lowest BCUT2D eigenvalue weighted by atomic mass is 10.5. The van der Waals surface area contributed by atoms with Gasteiger partial charge in [-0.25, -0.2) is 9.97 Å². The zero-order valence-electron chi connectivity index (χ0n) is 9.27. The van der Waals surface area contributed by atoms with Crippen LogP contribution in [0.1, 0.15) is 15.4 Å². The summed E-state index contributed by atoms with van der Waals surface area (Å²) in [7, 11) is 1.73. The standard InChI is InChI=1S/C9H11N5OS2/c1-4-3-16-9(12-4)14-7(15)5-6(10)13-8(11-2)17-5/h3H,10H2,1-2H3,(H,11,13)(H,12,14,15). The summed E-state index contributed by atoms with van der Waals surface area (Å²) in [4.78, 5) is 20.4. The van der Waals surface area contributed by atoms with Gasteiger partial charge in [0.25, 0.3) is 5.91 Å². The van der Waals surface area contributed by atoms with E-state index in [1.54, 1.807) is 7.05 Å². The molecule has 0 aliphatic carbocycles. The molecule has 0 saturated carbocycles. The number of nitrogen functional groups attached to an aromatic ring is 1. The molecule has 2 rings (SSSR count). The molecule has 0 radical (unpaired) electrons. The van der Waals surface area contributed by atoms with Crippen LogP contribution in [0.3, 0.4) is 0 Å². The van der Waals surface area contributed by atoms with Crippen molar-refractivity contribution in [3.05, 3.63) is 16.0 Å². The van der Waals surface area contributed by atoms with Crippen LogP contribution < -0.4 is 16.4 Å². The third kappa shape index (κ3) is 2.53. The maximum absolute atomic E-state index is 11.9. The number of nitrogens with zero attached hydrogens (tertiary/aromatic N) is 2. The monoisotopic (exact) mass is 269 g/mol. The number of amides is 1. The van der Waals surface area contributed by atoms with Gasteiger partial charge in [-0.1, -0.05) is 11.3 Å². The number of carbonyl (C=O) groups is 1. The number of rotatable bonds is 3. The zero-order chi connectivity index (χ0) is 12.4. The second kappa shape index (κ2) is 4.68. The van der Waals surface area contributed by atoms with Crippen molar-refractivity contribution in [1.82, 2.24) is 9.97 Å². The predicted octanol–water partition coefficient (Wildman–Crippen LogP) is 1.78. The quantitative estimate of drug-likeness (QED) is 0.790. The van der Waals surface area contributed by atoms with Gasteiger partial charge in [-0.2, -0.15) is 0 Å². The largest absolute Gasteiger partial charge is 0.382 e. The summed E-state index contributed by atoms with van der Waals surface area (Å²) < 4.78 is 0. The minimum Gasteiger partial charge on any atom is -0.382 e. The summed E-state index contributed by atoms with van der Waals surface area (Å²) in [5.74, 6) is -0.0546. The molecule has 90 valence electrons. The van der Waals surface area contributed by atoms with E-state index < -0.39 is 0 Å². The van der Waals surface area contributed by atoms with Gasteiger partial charge in [-0.05, 0) is 6.92 Å². The zero-order valence-corrected chi connectivity index (χ0v) is 10.9. The molecular weight excluding hydrogens is 258 g/mol. The van der Waals surface area contributed by atoms with E-state index >= 15 is 0 Å². The number of hydrogen-bond donors (Lipinski definition) is 3. The van der Waals surface area contributed by atoms with E-state index in [4.69, 9.17) is 5.73 Å². The van der Waals surface area contributed by atoms with Crippen LogP contribution in [0.4, 0.5) is 16.1 Å². The maximum atomic E-state index is 11.9. The van der Waals surface area contributed by atoms with Gasteiger partial charge >= 0.3 is 0 Å². The van der Waals surface area contributed by atoms with E-state index in [1.165, 1.54) is 22.7 Å². The lowest BCUT2D eigenvalue weighted by Crippen LogP contribution is -2.11. The number of nitrogens with two attached hydrogens (primary N) is 1. The molecule has 6 nitrogen and oxygen atoms in total. The summed E-state index contributed by atoms with van der Waals surface area (Å²) in [6, 6.07) is 0. The fourth-order valence-electron chi connectivity index (χ4n) is 1.17. The van der Waals surface area contributed by atoms with Crippen molar-refractivity contribution in [3.8, 4) is 0 Å². The topological polar surface area (TPSA) is 92.9 Å². The number of carbonyl (C=O) groups excluding carboxylic acids is 1. The van der Waals surface area contributed by atoms with Crippen molar-refractivity contribution >= 4 is 44.7 Å². The van der Waals surface area contributed by atoms with E-state index in [-0.39, 0.29) is 11.7 Å². The van der Waals surface area contributed by atoms with Gasteiger partial charge < -0.3 is 11.1 Å². The van der Waals surface area contributed by atoms with Gasteiger partial charge in [0.15, 0.2) is 10.3 Å². The molecule has 1 amide bonds. The summed E-state index contributed by atoms with van der Waals surface area (Å²) in [6.45, 7) is 1.87. The first-order valence-electron chi connectivity index (χ1n) is 4.77. The molecule has 17 heavy (non-hydrogen) atoms. The normalized spacial score (nSPS) is 10.2. The maximum Gasteiger partial charge on any atom is 0.271 e. The molecule has 0 aliphatic heterocycles. The molecule has 4 N–H and O–H groups in total. The van der Waals surface area contributed by atoms with E-state index in [0.29, 0.717) is 15.1 Å². The van der Waals surface area contributed by atoms with Crippen molar-refractivity contribution in [3.63, 3.8) is 0 Å². The van der Waals surface area contributed by atoms with Crippen LogP contribution in [0.2, 0.25) is 0 Å². The molecule has 0 unspecified atom stereocenters. The Hall–Kier alpha value is -1.67. The van der Waals surface area contributed by atoms with Crippen LogP contribution in [0.15, 0.2) is 5.38 Å². The van der Waals surface area contributed by atoms with Gasteiger partial charge in [0.05, 0.1) is 5.69 Å². The number of nitrogens with one attached hydrogen (secondary N) is 2. The molecule has 0 aromatic carbocycles. The molecule has 0 bridgehead atoms. The Morgan fingerprint density at radius 1 is 1.41 bits per heavy atom. The number of aryl methyl sites for hydroxylation is 1. The lowest BCUT2D eigenvalue weighted by molar-refractivity contribution is 0.103. The minimum absolute atomic E-state index is 0.227. The second-order valence-electron chi connectivity index (χ2n) is 3.23. The molecule has 2 aromatic heterocycles. The lowest BCUT2D eigenvalue weighted by Gasteiger charge is -1.98. The van der Waals surface area contributed by atoms with Crippen LogP contribution in [-0.4, -0.2) is 22.9 Å². The number of thiazole rings is 2. The highest BCUT2D eigenvalue weighted by molar-refractivity contribution is 7.18. The first kappa shape index (κ1) is 11.8. The highest BCUT2D eigenvalue weighted by atomic mass is 32.1. The van der Waals surface area contributed by atoms with Crippen LogP contribution in [0.25, 0.3) is 0 Å². The number of anilines is 3. The van der Waals surface area contributed by atoms with E-state index in [1.807, 2.05) is 12.3 Å². The van der Waals surface area contributed by atoms with Crippen molar-refractivity contribution in [1.29, 1.82) is 0 Å². The smallest absolute Gasteiger partial charge is 0.271 e. The molecule has 8 heteroatoms. The van der Waals surface area contributed by atoms with Gasteiger partial charge in [0.2, 0.25) is 0 Å². The van der Waals surface area contributed by atoms with Crippen LogP contribution >= 0.6 is 22.7 Å². The minimum atomic E-state index is -0.282. The number of aromatic nitrogens is 2. The van der Waals surface area contributed by atoms with Gasteiger partial charge in [0.1, 0.15) is 10.7 Å².